The van der Waals surface area contributed by atoms with E-state index in [4.69, 9.17) is 21.4 Å². The number of aromatic nitrogens is 4. The maximum absolute atomic E-state index is 13.0. The molecule has 47 heavy (non-hydrogen) atoms. The number of ether oxygens (including phenoxy) is 1. The topological polar surface area (TPSA) is 155 Å². The standard InChI is InChI=1S/C33H32ClN7O5S/c1-33(2,3)29-22(21-8-6-9-23(34)28(21)43)17-41(38-29)39-31(45)36-16-19-7-4-5-10-26(19)46-20-11-12-25-27(15-20)47-32-37-24(18-40(25)32)30(44)35-13-14-42/h4-12,15,17-18,42-43H,13-14,16H2,1-3H3,(H,35,44)(H2,36,39,45). The minimum atomic E-state index is -0.489. The van der Waals surface area contributed by atoms with Gasteiger partial charge in [0, 0.05) is 47.5 Å². The molecule has 6 rings (SSSR count). The molecule has 3 aromatic carbocycles. The van der Waals surface area contributed by atoms with Gasteiger partial charge in [0.2, 0.25) is 0 Å². The molecule has 0 radical (unpaired) electrons. The van der Waals surface area contributed by atoms with Crippen molar-refractivity contribution in [2.45, 2.75) is 32.7 Å². The molecule has 14 heteroatoms. The maximum atomic E-state index is 13.0. The molecule has 12 nitrogen and oxygen atoms in total. The van der Waals surface area contributed by atoms with E-state index in [9.17, 15) is 14.7 Å². The number of aliphatic hydroxyl groups is 1. The van der Waals surface area contributed by atoms with Gasteiger partial charge in [0.25, 0.3) is 5.91 Å². The molecule has 3 amide bonds. The number of fused-ring (bicyclic) bond motifs is 3. The zero-order chi connectivity index (χ0) is 33.3. The summed E-state index contributed by atoms with van der Waals surface area (Å²) in [5.41, 5.74) is 6.08. The quantitative estimate of drug-likeness (QED) is 0.125. The fourth-order valence-electron chi connectivity index (χ4n) is 5.02. The lowest BCUT2D eigenvalue weighted by Crippen LogP contribution is -2.34. The number of amides is 3. The van der Waals surface area contributed by atoms with Crippen molar-refractivity contribution in [1.29, 1.82) is 0 Å². The van der Waals surface area contributed by atoms with Crippen LogP contribution in [0, 0.1) is 0 Å². The molecule has 0 bridgehead atoms. The molecular formula is C33H32ClN7O5S. The summed E-state index contributed by atoms with van der Waals surface area (Å²) in [5, 5.41) is 29.8. The van der Waals surface area contributed by atoms with Gasteiger partial charge in [-0.25, -0.2) is 15.2 Å². The first-order valence-electron chi connectivity index (χ1n) is 14.7. The Morgan fingerprint density at radius 3 is 2.62 bits per heavy atom. The van der Waals surface area contributed by atoms with Crippen LogP contribution in [0.1, 0.15) is 42.5 Å². The molecule has 6 aromatic rings. The van der Waals surface area contributed by atoms with Crippen molar-refractivity contribution in [3.8, 4) is 28.4 Å². The highest BCUT2D eigenvalue weighted by Crippen LogP contribution is 2.39. The Kier molecular flexibility index (Phi) is 8.78. The fourth-order valence-corrected chi connectivity index (χ4v) is 6.24. The smallest absolute Gasteiger partial charge is 0.335 e. The number of aliphatic hydroxyl groups excluding tert-OH is 1. The Bertz CT molecular complexity index is 2110. The van der Waals surface area contributed by atoms with Crippen molar-refractivity contribution in [1.82, 2.24) is 29.9 Å². The Labute approximate surface area is 278 Å². The van der Waals surface area contributed by atoms with Gasteiger partial charge >= 0.3 is 6.03 Å². The zero-order valence-electron chi connectivity index (χ0n) is 25.7. The van der Waals surface area contributed by atoms with Crippen LogP contribution in [0.25, 0.3) is 26.3 Å². The predicted octanol–water partition coefficient (Wildman–Crippen LogP) is 6.04. The maximum Gasteiger partial charge on any atom is 0.335 e. The number of nitrogens with zero attached hydrogens (tertiary/aromatic N) is 4. The SMILES string of the molecule is CC(C)(C)c1nn(NC(=O)NCc2ccccc2Oc2ccc3c(c2)sc2nc(C(=O)NCCO)cn23)cc1-c1cccc(Cl)c1O. The van der Waals surface area contributed by atoms with Gasteiger partial charge in [-0.05, 0) is 24.3 Å². The third kappa shape index (κ3) is 6.73. The molecule has 5 N–H and O–H groups in total. The first-order chi connectivity index (χ1) is 22.5. The minimum absolute atomic E-state index is 0.0540. The van der Waals surface area contributed by atoms with E-state index in [-0.39, 0.29) is 47.5 Å². The Morgan fingerprint density at radius 2 is 1.83 bits per heavy atom. The lowest BCUT2D eigenvalue weighted by Gasteiger charge is -2.18. The summed E-state index contributed by atoms with van der Waals surface area (Å²) in [6.07, 6.45) is 3.32. The fraction of sp³-hybridized carbons (Fsp3) is 0.212. The van der Waals surface area contributed by atoms with Crippen LogP contribution in [0.4, 0.5) is 4.79 Å². The Morgan fingerprint density at radius 1 is 1.02 bits per heavy atom. The lowest BCUT2D eigenvalue weighted by molar-refractivity contribution is 0.0940. The number of aromatic hydroxyl groups is 1. The van der Waals surface area contributed by atoms with Crippen molar-refractivity contribution in [2.24, 2.45) is 0 Å². The summed E-state index contributed by atoms with van der Waals surface area (Å²) in [6.45, 7) is 6.17. The van der Waals surface area contributed by atoms with E-state index in [0.29, 0.717) is 33.3 Å². The van der Waals surface area contributed by atoms with Crippen molar-refractivity contribution in [2.75, 3.05) is 18.6 Å². The van der Waals surface area contributed by atoms with Crippen molar-refractivity contribution in [3.05, 3.63) is 95.0 Å². The van der Waals surface area contributed by atoms with Gasteiger partial charge < -0.3 is 25.6 Å². The largest absolute Gasteiger partial charge is 0.506 e. The summed E-state index contributed by atoms with van der Waals surface area (Å²) in [6, 6.07) is 17.6. The number of phenolic OH excluding ortho intramolecular Hbond substituents is 1. The number of hydrogen-bond acceptors (Lipinski definition) is 8. The number of urea groups is 1. The highest BCUT2D eigenvalue weighted by Gasteiger charge is 2.26. The van der Waals surface area contributed by atoms with Crippen molar-refractivity contribution >= 4 is 50.1 Å². The summed E-state index contributed by atoms with van der Waals surface area (Å²) < 4.78 is 9.00. The van der Waals surface area contributed by atoms with Crippen LogP contribution in [0.3, 0.4) is 0 Å². The van der Waals surface area contributed by atoms with Crippen LogP contribution in [0.2, 0.25) is 5.02 Å². The number of thiazole rings is 1. The summed E-state index contributed by atoms with van der Waals surface area (Å²) in [5.74, 6) is 0.775. The molecule has 0 fully saturated rings. The Hall–Kier alpha value is -5.11. The van der Waals surface area contributed by atoms with Crippen LogP contribution in [0.5, 0.6) is 17.2 Å². The summed E-state index contributed by atoms with van der Waals surface area (Å²) in [4.78, 5) is 31.6. The lowest BCUT2D eigenvalue weighted by atomic mass is 9.87. The molecule has 0 aliphatic heterocycles. The molecule has 3 heterocycles. The van der Waals surface area contributed by atoms with E-state index in [1.165, 1.54) is 16.1 Å². The predicted molar refractivity (Wildman–Crippen MR) is 181 cm³/mol. The van der Waals surface area contributed by atoms with E-state index in [0.717, 1.165) is 15.8 Å². The molecule has 0 unspecified atom stereocenters. The van der Waals surface area contributed by atoms with Crippen LogP contribution >= 0.6 is 22.9 Å². The van der Waals surface area contributed by atoms with Crippen LogP contribution in [0.15, 0.2) is 73.1 Å². The second-order valence-corrected chi connectivity index (χ2v) is 13.1. The molecule has 0 spiro atoms. The monoisotopic (exact) mass is 673 g/mol. The van der Waals surface area contributed by atoms with Gasteiger partial charge in [0.15, 0.2) is 4.96 Å². The first kappa shape index (κ1) is 31.9. The van der Waals surface area contributed by atoms with Gasteiger partial charge in [0.1, 0.15) is 22.9 Å². The number of imidazole rings is 1. The number of benzene rings is 3. The molecule has 0 atom stereocenters. The number of rotatable bonds is 9. The van der Waals surface area contributed by atoms with E-state index in [1.54, 1.807) is 30.6 Å². The van der Waals surface area contributed by atoms with Gasteiger partial charge in [-0.3, -0.25) is 9.20 Å². The molecular weight excluding hydrogens is 642 g/mol. The van der Waals surface area contributed by atoms with E-state index < -0.39 is 6.03 Å². The highest BCUT2D eigenvalue weighted by molar-refractivity contribution is 7.23. The van der Waals surface area contributed by atoms with Crippen molar-refractivity contribution < 1.29 is 24.5 Å². The third-order valence-electron chi connectivity index (χ3n) is 7.25. The number of carbonyl (C=O) groups excluding carboxylic acids is 2. The molecule has 3 aromatic heterocycles. The third-order valence-corrected chi connectivity index (χ3v) is 8.58. The molecule has 242 valence electrons. The van der Waals surface area contributed by atoms with E-state index >= 15 is 0 Å². The van der Waals surface area contributed by atoms with Crippen LogP contribution in [-0.4, -0.2) is 54.6 Å². The summed E-state index contributed by atoms with van der Waals surface area (Å²) in [7, 11) is 0. The molecule has 0 saturated carbocycles. The molecule has 0 saturated heterocycles. The number of phenols is 1. The number of halogens is 1. The van der Waals surface area contributed by atoms with Gasteiger partial charge in [-0.2, -0.15) is 9.89 Å². The summed E-state index contributed by atoms with van der Waals surface area (Å²) >= 11 is 7.58. The van der Waals surface area contributed by atoms with E-state index in [2.05, 4.69) is 26.1 Å². The highest BCUT2D eigenvalue weighted by atomic mass is 35.5. The van der Waals surface area contributed by atoms with Crippen molar-refractivity contribution in [3.63, 3.8) is 0 Å². The Balaban J connectivity index is 1.15. The van der Waals surface area contributed by atoms with E-state index in [1.807, 2.05) is 67.6 Å². The number of hydrogen-bond donors (Lipinski definition) is 5. The number of carbonyl (C=O) groups is 2. The van der Waals surface area contributed by atoms with Gasteiger partial charge in [-0.15, -0.1) is 0 Å². The second kappa shape index (κ2) is 12.9. The average molecular weight is 674 g/mol. The zero-order valence-corrected chi connectivity index (χ0v) is 27.3. The van der Waals surface area contributed by atoms with Gasteiger partial charge in [-0.1, -0.05) is 74.0 Å². The van der Waals surface area contributed by atoms with Gasteiger partial charge in [0.05, 0.1) is 33.7 Å². The molecule has 0 aliphatic rings. The van der Waals surface area contributed by atoms with Crippen LogP contribution in [-0.2, 0) is 12.0 Å². The number of para-hydroxylation sites is 2. The minimum Gasteiger partial charge on any atom is -0.506 e. The average Bonchev–Trinajstić information content (AvgIpc) is 3.74. The first-order valence-corrected chi connectivity index (χ1v) is 15.9. The molecule has 0 aliphatic carbocycles. The number of nitrogens with one attached hydrogen (secondary N) is 3. The van der Waals surface area contributed by atoms with Crippen LogP contribution < -0.4 is 20.8 Å². The normalized spacial score (nSPS) is 11.6. The second-order valence-electron chi connectivity index (χ2n) is 11.7.